The molecule has 2 aliphatic rings. The first-order valence-electron chi connectivity index (χ1n) is 5.32. The van der Waals surface area contributed by atoms with Gasteiger partial charge < -0.3 is 23.8 Å². The van der Waals surface area contributed by atoms with Crippen LogP contribution in [0.3, 0.4) is 0 Å². The van der Waals surface area contributed by atoms with Crippen LogP contribution in [0.15, 0.2) is 0 Å². The van der Waals surface area contributed by atoms with Crippen molar-refractivity contribution in [3.63, 3.8) is 0 Å². The molecule has 0 bridgehead atoms. The molecule has 6 unspecified atom stereocenters. The third kappa shape index (κ3) is 2.81. The minimum absolute atomic E-state index is 0.0426. The van der Waals surface area contributed by atoms with Gasteiger partial charge in [-0.1, -0.05) is 13.8 Å². The highest BCUT2D eigenvalue weighted by atomic mass is 32.2. The molecule has 7 heteroatoms. The number of ether oxygens (including phenoxy) is 2. The van der Waals surface area contributed by atoms with Crippen molar-refractivity contribution < 1.29 is 23.8 Å². The molecule has 2 aliphatic heterocycles. The lowest BCUT2D eigenvalue weighted by molar-refractivity contribution is -0.203. The highest BCUT2D eigenvalue weighted by Gasteiger charge is 2.45. The van der Waals surface area contributed by atoms with Crippen molar-refractivity contribution in [2.24, 2.45) is 0 Å². The molecule has 0 aromatic carbocycles. The zero-order chi connectivity index (χ0) is 11.9. The van der Waals surface area contributed by atoms with Crippen molar-refractivity contribution in [3.05, 3.63) is 0 Å². The zero-order valence-electron chi connectivity index (χ0n) is 9.24. The molecule has 0 radical (unpaired) electrons. The Balaban J connectivity index is 1.97. The second-order valence-corrected chi connectivity index (χ2v) is 7.79. The van der Waals surface area contributed by atoms with E-state index in [4.69, 9.17) is 14.4 Å². The van der Waals surface area contributed by atoms with Crippen LogP contribution in [0, 0.1) is 0 Å². The number of fused-ring (bicyclic) bond motifs is 1. The molecule has 0 aromatic heterocycles. The summed E-state index contributed by atoms with van der Waals surface area (Å²) in [6, 6.07) is 0. The molecule has 0 amide bonds. The lowest BCUT2D eigenvalue weighted by Crippen LogP contribution is -2.47. The van der Waals surface area contributed by atoms with Gasteiger partial charge in [0.15, 0.2) is 0 Å². The molecule has 0 aromatic rings. The van der Waals surface area contributed by atoms with E-state index < -0.39 is 13.7 Å². The molecule has 94 valence electrons. The van der Waals surface area contributed by atoms with E-state index in [1.54, 1.807) is 11.8 Å². The van der Waals surface area contributed by atoms with Crippen LogP contribution >= 0.6 is 19.4 Å². The highest BCUT2D eigenvalue weighted by Crippen LogP contribution is 2.41. The summed E-state index contributed by atoms with van der Waals surface area (Å²) in [6.45, 7) is 4.37. The smallest absolute Gasteiger partial charge is 0.135 e. The molecule has 0 aliphatic carbocycles. The Hall–Kier alpha value is 0.420. The van der Waals surface area contributed by atoms with Gasteiger partial charge in [0, 0.05) is 16.7 Å². The predicted molar refractivity (Wildman–Crippen MR) is 59.6 cm³/mol. The maximum absolute atomic E-state index is 10.8. The van der Waals surface area contributed by atoms with Gasteiger partial charge in [0.1, 0.15) is 7.60 Å². The average Bonchev–Trinajstić information content (AvgIpc) is 2.40. The van der Waals surface area contributed by atoms with Crippen molar-refractivity contribution in [2.45, 2.75) is 42.7 Å². The molecule has 2 fully saturated rings. The van der Waals surface area contributed by atoms with E-state index >= 15 is 0 Å². The van der Waals surface area contributed by atoms with E-state index in [2.05, 4.69) is 6.92 Å². The Labute approximate surface area is 99.0 Å². The summed E-state index contributed by atoms with van der Waals surface area (Å²) in [5, 5.41) is 0.668. The minimum Gasteiger partial charge on any atom is -0.779 e. The largest absolute Gasteiger partial charge is 0.779 e. The fourth-order valence-corrected chi connectivity index (χ4v) is 4.42. The van der Waals surface area contributed by atoms with Gasteiger partial charge in [-0.25, -0.2) is 0 Å². The monoisotopic (exact) mass is 267 g/mol. The fraction of sp³-hybridized carbons (Fsp3) is 1.00. The van der Waals surface area contributed by atoms with Crippen molar-refractivity contribution >= 4 is 19.4 Å². The summed E-state index contributed by atoms with van der Waals surface area (Å²) < 4.78 is 22.1. The third-order valence-corrected chi connectivity index (χ3v) is 5.20. The Morgan fingerprint density at radius 3 is 2.69 bits per heavy atom. The van der Waals surface area contributed by atoms with Crippen LogP contribution < -0.4 is 4.89 Å². The van der Waals surface area contributed by atoms with E-state index in [9.17, 15) is 9.46 Å². The molecule has 0 spiro atoms. The lowest BCUT2D eigenvalue weighted by atomic mass is 10.1. The molecular formula is C9H16O5PS-. The topological polar surface area (TPSA) is 78.8 Å². The molecule has 6 atom stereocenters. The third-order valence-electron chi connectivity index (χ3n) is 2.94. The Morgan fingerprint density at radius 1 is 1.44 bits per heavy atom. The van der Waals surface area contributed by atoms with Crippen LogP contribution in [0.25, 0.3) is 0 Å². The van der Waals surface area contributed by atoms with Crippen LogP contribution in [0.4, 0.5) is 0 Å². The minimum atomic E-state index is -4.27. The van der Waals surface area contributed by atoms with Gasteiger partial charge in [0.25, 0.3) is 0 Å². The van der Waals surface area contributed by atoms with E-state index in [1.807, 2.05) is 6.92 Å². The Kier molecular flexibility index (Phi) is 3.69. The number of thioether (sulfide) groups is 1. The fourth-order valence-electron chi connectivity index (χ4n) is 2.28. The van der Waals surface area contributed by atoms with Crippen molar-refractivity contribution in [1.82, 2.24) is 0 Å². The van der Waals surface area contributed by atoms with Gasteiger partial charge in [0.05, 0.1) is 24.9 Å². The summed E-state index contributed by atoms with van der Waals surface area (Å²) in [5.41, 5.74) is 0. The normalized spacial score (nSPS) is 47.4. The van der Waals surface area contributed by atoms with Gasteiger partial charge in [-0.05, 0) is 0 Å². The van der Waals surface area contributed by atoms with E-state index in [0.29, 0.717) is 10.5 Å². The second kappa shape index (κ2) is 4.59. The maximum Gasteiger partial charge on any atom is 0.135 e. The van der Waals surface area contributed by atoms with Crippen LogP contribution in [0.5, 0.6) is 0 Å². The summed E-state index contributed by atoms with van der Waals surface area (Å²) in [7, 11) is -4.27. The zero-order valence-corrected chi connectivity index (χ0v) is 10.9. The molecule has 1 N–H and O–H groups in total. The van der Waals surface area contributed by atoms with Crippen LogP contribution in [0.2, 0.25) is 0 Å². The first kappa shape index (κ1) is 12.9. The van der Waals surface area contributed by atoms with Crippen LogP contribution in [0.1, 0.15) is 13.8 Å². The van der Waals surface area contributed by atoms with Gasteiger partial charge in [-0.3, -0.25) is 0 Å². The molecule has 2 saturated heterocycles. The summed E-state index contributed by atoms with van der Waals surface area (Å²) in [6.07, 6.45) is -0.920. The second-order valence-electron chi connectivity index (χ2n) is 4.39. The van der Waals surface area contributed by atoms with Crippen molar-refractivity contribution in [1.29, 1.82) is 0 Å². The quantitative estimate of drug-likeness (QED) is 0.720. The number of hydrogen-bond donors (Lipinski definition) is 1. The Morgan fingerprint density at radius 2 is 2.06 bits per heavy atom. The first-order chi connectivity index (χ1) is 7.37. The Bertz CT molecular complexity index is 306. The molecule has 0 saturated carbocycles. The van der Waals surface area contributed by atoms with E-state index in [1.165, 1.54) is 0 Å². The van der Waals surface area contributed by atoms with Crippen molar-refractivity contribution in [2.75, 3.05) is 12.8 Å². The lowest BCUT2D eigenvalue weighted by Gasteiger charge is -2.36. The van der Waals surface area contributed by atoms with Gasteiger partial charge in [0.2, 0.25) is 0 Å². The molecule has 5 nitrogen and oxygen atoms in total. The highest BCUT2D eigenvalue weighted by molar-refractivity contribution is 8.00. The average molecular weight is 267 g/mol. The SMILES string of the molecule is CC1SC(C)C2OC(CP(=O)([O-])O)COC12. The summed E-state index contributed by atoms with van der Waals surface area (Å²) in [4.78, 5) is 19.6. The molecular weight excluding hydrogens is 251 g/mol. The first-order valence-corrected chi connectivity index (χ1v) is 8.03. The predicted octanol–water partition coefficient (Wildman–Crippen LogP) is 0.208. The summed E-state index contributed by atoms with van der Waals surface area (Å²) >= 11 is 1.79. The standard InChI is InChI=1S/C9H17O5PS/c1-5-8-9(6(2)16-5)14-7(3-13-8)4-15(10,11)12/h5-9H,3-4H2,1-2H3,(H2,10,11,12)/p-1. The van der Waals surface area contributed by atoms with Gasteiger partial charge in [-0.15, -0.1) is 0 Å². The van der Waals surface area contributed by atoms with Crippen LogP contribution in [-0.2, 0) is 14.0 Å². The van der Waals surface area contributed by atoms with E-state index in [-0.39, 0.29) is 25.0 Å². The number of rotatable bonds is 2. The summed E-state index contributed by atoms with van der Waals surface area (Å²) in [5.74, 6) is 0. The molecule has 16 heavy (non-hydrogen) atoms. The van der Waals surface area contributed by atoms with Gasteiger partial charge >= 0.3 is 0 Å². The van der Waals surface area contributed by atoms with Crippen molar-refractivity contribution in [3.8, 4) is 0 Å². The van der Waals surface area contributed by atoms with Gasteiger partial charge in [-0.2, -0.15) is 11.8 Å². The number of hydrogen-bond acceptors (Lipinski definition) is 5. The maximum atomic E-state index is 10.8. The van der Waals surface area contributed by atoms with E-state index in [0.717, 1.165) is 0 Å². The molecule has 2 rings (SSSR count). The molecule has 2 heterocycles. The van der Waals surface area contributed by atoms with Crippen LogP contribution in [-0.4, -0.2) is 46.5 Å².